The summed E-state index contributed by atoms with van der Waals surface area (Å²) in [6.45, 7) is 1.90. The fraction of sp³-hybridized carbons (Fsp3) is 1.00. The van der Waals surface area contributed by atoms with Gasteiger partial charge in [-0.05, 0) is 32.6 Å². The number of rotatable bonds is 1. The summed E-state index contributed by atoms with van der Waals surface area (Å²) < 4.78 is 5.17. The van der Waals surface area contributed by atoms with Crippen molar-refractivity contribution in [1.82, 2.24) is 0 Å². The maximum atomic E-state index is 9.53. The van der Waals surface area contributed by atoms with Crippen molar-refractivity contribution in [2.75, 3.05) is 7.11 Å². The SMILES string of the molecule is CO[C@H]1CC[C@@](C)(O)CC1. The van der Waals surface area contributed by atoms with Gasteiger partial charge in [0.05, 0.1) is 11.7 Å². The van der Waals surface area contributed by atoms with E-state index in [-0.39, 0.29) is 0 Å². The van der Waals surface area contributed by atoms with E-state index in [0.717, 1.165) is 25.7 Å². The molecule has 2 nitrogen and oxygen atoms in total. The summed E-state index contributed by atoms with van der Waals surface area (Å²) in [5.74, 6) is 0. The fourth-order valence-electron chi connectivity index (χ4n) is 1.45. The summed E-state index contributed by atoms with van der Waals surface area (Å²) in [5, 5.41) is 9.53. The molecule has 0 aromatic rings. The highest BCUT2D eigenvalue weighted by Crippen LogP contribution is 2.28. The molecule has 0 heterocycles. The van der Waals surface area contributed by atoms with Crippen LogP contribution in [0.2, 0.25) is 0 Å². The van der Waals surface area contributed by atoms with Crippen LogP contribution < -0.4 is 0 Å². The zero-order valence-electron chi connectivity index (χ0n) is 6.76. The summed E-state index contributed by atoms with van der Waals surface area (Å²) in [6, 6.07) is 0. The van der Waals surface area contributed by atoms with Gasteiger partial charge in [-0.15, -0.1) is 0 Å². The van der Waals surface area contributed by atoms with E-state index in [1.54, 1.807) is 7.11 Å². The van der Waals surface area contributed by atoms with Gasteiger partial charge in [-0.25, -0.2) is 0 Å². The molecular formula is C8H16O2. The van der Waals surface area contributed by atoms with Crippen molar-refractivity contribution in [1.29, 1.82) is 0 Å². The molecule has 10 heavy (non-hydrogen) atoms. The van der Waals surface area contributed by atoms with E-state index in [0.29, 0.717) is 6.10 Å². The van der Waals surface area contributed by atoms with Crippen molar-refractivity contribution in [3.05, 3.63) is 0 Å². The molecule has 0 aromatic heterocycles. The van der Waals surface area contributed by atoms with Gasteiger partial charge in [-0.2, -0.15) is 0 Å². The molecule has 0 aromatic carbocycles. The lowest BCUT2D eigenvalue weighted by atomic mass is 9.85. The molecule has 0 atom stereocenters. The van der Waals surface area contributed by atoms with Crippen LogP contribution in [0.4, 0.5) is 0 Å². The van der Waals surface area contributed by atoms with Crippen molar-refractivity contribution >= 4 is 0 Å². The van der Waals surface area contributed by atoms with Crippen LogP contribution in [0.1, 0.15) is 32.6 Å². The molecular weight excluding hydrogens is 128 g/mol. The minimum absolute atomic E-state index is 0.389. The van der Waals surface area contributed by atoms with Gasteiger partial charge in [0.2, 0.25) is 0 Å². The van der Waals surface area contributed by atoms with E-state index in [2.05, 4.69) is 0 Å². The van der Waals surface area contributed by atoms with Crippen LogP contribution in [0, 0.1) is 0 Å². The average molecular weight is 144 g/mol. The number of hydrogen-bond acceptors (Lipinski definition) is 2. The number of aliphatic hydroxyl groups is 1. The van der Waals surface area contributed by atoms with E-state index in [1.165, 1.54) is 0 Å². The quantitative estimate of drug-likeness (QED) is 0.601. The van der Waals surface area contributed by atoms with E-state index in [4.69, 9.17) is 4.74 Å². The summed E-state index contributed by atoms with van der Waals surface area (Å²) in [7, 11) is 1.74. The van der Waals surface area contributed by atoms with E-state index >= 15 is 0 Å². The van der Waals surface area contributed by atoms with Gasteiger partial charge < -0.3 is 9.84 Å². The zero-order chi connectivity index (χ0) is 7.61. The topological polar surface area (TPSA) is 29.5 Å². The van der Waals surface area contributed by atoms with E-state index < -0.39 is 5.60 Å². The van der Waals surface area contributed by atoms with Crippen LogP contribution in [-0.2, 0) is 4.74 Å². The van der Waals surface area contributed by atoms with E-state index in [9.17, 15) is 5.11 Å². The van der Waals surface area contributed by atoms with Crippen LogP contribution in [0.5, 0.6) is 0 Å². The largest absolute Gasteiger partial charge is 0.390 e. The minimum atomic E-state index is -0.422. The standard InChI is InChI=1S/C8H16O2/c1-8(9)5-3-7(10-2)4-6-8/h7,9H,3-6H2,1-2H3/t7-,8+. The van der Waals surface area contributed by atoms with Crippen LogP contribution in [-0.4, -0.2) is 23.9 Å². The van der Waals surface area contributed by atoms with Crippen molar-refractivity contribution in [3.8, 4) is 0 Å². The van der Waals surface area contributed by atoms with Crippen LogP contribution >= 0.6 is 0 Å². The predicted molar refractivity (Wildman–Crippen MR) is 39.9 cm³/mol. The third-order valence-corrected chi connectivity index (χ3v) is 2.34. The maximum Gasteiger partial charge on any atom is 0.0621 e. The highest BCUT2D eigenvalue weighted by Gasteiger charge is 2.28. The zero-order valence-corrected chi connectivity index (χ0v) is 6.76. The Labute approximate surface area is 62.2 Å². The first-order valence-electron chi connectivity index (χ1n) is 3.89. The number of hydrogen-bond donors (Lipinski definition) is 1. The molecule has 1 saturated carbocycles. The Morgan fingerprint density at radius 3 is 2.30 bits per heavy atom. The predicted octanol–water partition coefficient (Wildman–Crippen LogP) is 1.33. The molecule has 1 aliphatic carbocycles. The van der Waals surface area contributed by atoms with Crippen LogP contribution in [0.15, 0.2) is 0 Å². The molecule has 0 radical (unpaired) electrons. The molecule has 0 spiro atoms. The van der Waals surface area contributed by atoms with Gasteiger partial charge in [0.1, 0.15) is 0 Å². The van der Waals surface area contributed by atoms with Gasteiger partial charge in [-0.3, -0.25) is 0 Å². The third kappa shape index (κ3) is 1.96. The molecule has 1 fully saturated rings. The van der Waals surface area contributed by atoms with Gasteiger partial charge in [-0.1, -0.05) is 0 Å². The third-order valence-electron chi connectivity index (χ3n) is 2.34. The Bertz CT molecular complexity index is 99.8. The minimum Gasteiger partial charge on any atom is -0.390 e. The normalized spacial score (nSPS) is 41.7. The first-order valence-corrected chi connectivity index (χ1v) is 3.89. The molecule has 0 amide bonds. The van der Waals surface area contributed by atoms with Gasteiger partial charge in [0.25, 0.3) is 0 Å². The molecule has 2 heteroatoms. The molecule has 0 bridgehead atoms. The second-order valence-electron chi connectivity index (χ2n) is 3.43. The molecule has 0 unspecified atom stereocenters. The van der Waals surface area contributed by atoms with E-state index in [1.807, 2.05) is 6.92 Å². The van der Waals surface area contributed by atoms with Crippen molar-refractivity contribution in [3.63, 3.8) is 0 Å². The molecule has 1 aliphatic rings. The van der Waals surface area contributed by atoms with Gasteiger partial charge in [0, 0.05) is 7.11 Å². The second-order valence-corrected chi connectivity index (χ2v) is 3.43. The van der Waals surface area contributed by atoms with Crippen molar-refractivity contribution in [2.24, 2.45) is 0 Å². The molecule has 0 aliphatic heterocycles. The van der Waals surface area contributed by atoms with Gasteiger partial charge in [0.15, 0.2) is 0 Å². The Morgan fingerprint density at radius 2 is 1.90 bits per heavy atom. The molecule has 1 rings (SSSR count). The molecule has 1 N–H and O–H groups in total. The number of ether oxygens (including phenoxy) is 1. The molecule has 0 saturated heterocycles. The van der Waals surface area contributed by atoms with Crippen LogP contribution in [0.25, 0.3) is 0 Å². The summed E-state index contributed by atoms with van der Waals surface area (Å²) in [5.41, 5.74) is -0.422. The highest BCUT2D eigenvalue weighted by molar-refractivity contribution is 4.81. The summed E-state index contributed by atoms with van der Waals surface area (Å²) in [6.07, 6.45) is 4.16. The lowest BCUT2D eigenvalue weighted by Crippen LogP contribution is -2.33. The first-order chi connectivity index (χ1) is 4.64. The average Bonchev–Trinajstić information content (AvgIpc) is 1.88. The molecule has 60 valence electrons. The fourth-order valence-corrected chi connectivity index (χ4v) is 1.45. The smallest absolute Gasteiger partial charge is 0.0621 e. The second kappa shape index (κ2) is 2.89. The Hall–Kier alpha value is -0.0800. The highest BCUT2D eigenvalue weighted by atomic mass is 16.5. The van der Waals surface area contributed by atoms with Crippen LogP contribution in [0.3, 0.4) is 0 Å². The van der Waals surface area contributed by atoms with Gasteiger partial charge >= 0.3 is 0 Å². The number of methoxy groups -OCH3 is 1. The van der Waals surface area contributed by atoms with Crippen molar-refractivity contribution in [2.45, 2.75) is 44.3 Å². The monoisotopic (exact) mass is 144 g/mol. The Morgan fingerprint density at radius 1 is 1.40 bits per heavy atom. The Kier molecular flexibility index (Phi) is 2.32. The van der Waals surface area contributed by atoms with Crippen molar-refractivity contribution < 1.29 is 9.84 Å². The first kappa shape index (κ1) is 8.02. The maximum absolute atomic E-state index is 9.53. The Balaban J connectivity index is 2.31. The summed E-state index contributed by atoms with van der Waals surface area (Å²) in [4.78, 5) is 0. The lowest BCUT2D eigenvalue weighted by molar-refractivity contribution is -0.0311. The summed E-state index contributed by atoms with van der Waals surface area (Å²) >= 11 is 0. The lowest BCUT2D eigenvalue weighted by Gasteiger charge is -2.32.